The second-order valence-electron chi connectivity index (χ2n) is 6.53. The standard InChI is InChI=1S/C19H23F2NO/c1-13(14-4-9-18(23)17(21)12-14)22-11-10-19(2,3)15-5-7-16(20)8-6-15/h4-9,12-13,22-23H,10-11H2,1-3H3. The van der Waals surface area contributed by atoms with Crippen molar-refractivity contribution in [3.8, 4) is 5.75 Å². The molecule has 1 atom stereocenters. The molecule has 0 aliphatic heterocycles. The summed E-state index contributed by atoms with van der Waals surface area (Å²) < 4.78 is 26.4. The smallest absolute Gasteiger partial charge is 0.165 e. The molecule has 2 rings (SSSR count). The summed E-state index contributed by atoms with van der Waals surface area (Å²) in [5.41, 5.74) is 1.80. The zero-order chi connectivity index (χ0) is 17.0. The van der Waals surface area contributed by atoms with Gasteiger partial charge in [0, 0.05) is 6.04 Å². The fourth-order valence-corrected chi connectivity index (χ4v) is 2.56. The quantitative estimate of drug-likeness (QED) is 0.809. The molecule has 0 saturated heterocycles. The summed E-state index contributed by atoms with van der Waals surface area (Å²) in [7, 11) is 0. The topological polar surface area (TPSA) is 32.3 Å². The third-order valence-corrected chi connectivity index (χ3v) is 4.30. The molecule has 2 nitrogen and oxygen atoms in total. The molecule has 0 fully saturated rings. The number of halogens is 2. The van der Waals surface area contributed by atoms with E-state index in [-0.39, 0.29) is 23.0 Å². The van der Waals surface area contributed by atoms with E-state index in [0.717, 1.165) is 24.1 Å². The molecule has 124 valence electrons. The number of hydrogen-bond donors (Lipinski definition) is 2. The van der Waals surface area contributed by atoms with Crippen LogP contribution in [0.3, 0.4) is 0 Å². The predicted octanol–water partition coefficient (Wildman–Crippen LogP) is 4.69. The van der Waals surface area contributed by atoms with Crippen molar-refractivity contribution < 1.29 is 13.9 Å². The molecule has 0 aliphatic rings. The highest BCUT2D eigenvalue weighted by atomic mass is 19.1. The third-order valence-electron chi connectivity index (χ3n) is 4.30. The van der Waals surface area contributed by atoms with E-state index in [1.807, 2.05) is 19.1 Å². The van der Waals surface area contributed by atoms with Crippen molar-refractivity contribution in [2.45, 2.75) is 38.6 Å². The van der Waals surface area contributed by atoms with Gasteiger partial charge in [0.05, 0.1) is 0 Å². The van der Waals surface area contributed by atoms with Crippen LogP contribution in [0.1, 0.15) is 44.4 Å². The van der Waals surface area contributed by atoms with Crippen molar-refractivity contribution in [3.05, 3.63) is 65.2 Å². The van der Waals surface area contributed by atoms with E-state index in [4.69, 9.17) is 0 Å². The zero-order valence-corrected chi connectivity index (χ0v) is 13.7. The van der Waals surface area contributed by atoms with Crippen molar-refractivity contribution in [1.82, 2.24) is 5.32 Å². The maximum Gasteiger partial charge on any atom is 0.165 e. The van der Waals surface area contributed by atoms with Gasteiger partial charge in [-0.2, -0.15) is 0 Å². The minimum Gasteiger partial charge on any atom is -0.505 e. The number of nitrogens with one attached hydrogen (secondary N) is 1. The first-order valence-corrected chi connectivity index (χ1v) is 7.77. The molecule has 0 bridgehead atoms. The molecule has 0 saturated carbocycles. The number of rotatable bonds is 6. The molecular formula is C19H23F2NO. The van der Waals surface area contributed by atoms with Gasteiger partial charge >= 0.3 is 0 Å². The lowest BCUT2D eigenvalue weighted by atomic mass is 9.81. The van der Waals surface area contributed by atoms with Gasteiger partial charge in [0.25, 0.3) is 0 Å². The van der Waals surface area contributed by atoms with E-state index in [9.17, 15) is 13.9 Å². The highest BCUT2D eigenvalue weighted by molar-refractivity contribution is 5.29. The fourth-order valence-electron chi connectivity index (χ4n) is 2.56. The van der Waals surface area contributed by atoms with Gasteiger partial charge in [0.1, 0.15) is 5.82 Å². The van der Waals surface area contributed by atoms with Crippen molar-refractivity contribution in [2.75, 3.05) is 6.54 Å². The lowest BCUT2D eigenvalue weighted by Crippen LogP contribution is -2.27. The average molecular weight is 319 g/mol. The van der Waals surface area contributed by atoms with E-state index < -0.39 is 5.82 Å². The predicted molar refractivity (Wildman–Crippen MR) is 88.5 cm³/mol. The minimum atomic E-state index is -0.609. The molecule has 2 aromatic rings. The number of benzene rings is 2. The van der Waals surface area contributed by atoms with Crippen LogP contribution in [-0.4, -0.2) is 11.7 Å². The number of phenols is 1. The van der Waals surface area contributed by atoms with Crippen LogP contribution in [0, 0.1) is 11.6 Å². The van der Waals surface area contributed by atoms with Gasteiger partial charge in [-0.25, -0.2) is 8.78 Å². The summed E-state index contributed by atoms with van der Waals surface area (Å²) in [6, 6.07) is 11.0. The minimum absolute atomic E-state index is 0.0193. The Morgan fingerprint density at radius 2 is 1.74 bits per heavy atom. The van der Waals surface area contributed by atoms with Gasteiger partial charge in [0.2, 0.25) is 0 Å². The van der Waals surface area contributed by atoms with E-state index in [1.165, 1.54) is 24.3 Å². The maximum atomic E-state index is 13.4. The number of phenolic OH excluding ortho intramolecular Hbond substituents is 1. The van der Waals surface area contributed by atoms with Crippen LogP contribution >= 0.6 is 0 Å². The Bertz CT molecular complexity index is 653. The first-order chi connectivity index (χ1) is 10.8. The Balaban J connectivity index is 1.92. The lowest BCUT2D eigenvalue weighted by molar-refractivity contribution is 0.426. The van der Waals surface area contributed by atoms with Gasteiger partial charge in [-0.05, 0) is 60.7 Å². The summed E-state index contributed by atoms with van der Waals surface area (Å²) in [6.45, 7) is 6.93. The summed E-state index contributed by atoms with van der Waals surface area (Å²) in [4.78, 5) is 0. The molecule has 4 heteroatoms. The summed E-state index contributed by atoms with van der Waals surface area (Å²) >= 11 is 0. The summed E-state index contributed by atoms with van der Waals surface area (Å²) in [5.74, 6) is -1.17. The van der Waals surface area contributed by atoms with Gasteiger partial charge in [0.15, 0.2) is 11.6 Å². The second kappa shape index (κ2) is 7.09. The first-order valence-electron chi connectivity index (χ1n) is 7.77. The van der Waals surface area contributed by atoms with Gasteiger partial charge in [-0.15, -0.1) is 0 Å². The lowest BCUT2D eigenvalue weighted by Gasteiger charge is -2.26. The normalized spacial score (nSPS) is 13.1. The Kier molecular flexibility index (Phi) is 5.37. The SMILES string of the molecule is CC(NCCC(C)(C)c1ccc(F)cc1)c1ccc(O)c(F)c1. The van der Waals surface area contributed by atoms with E-state index in [0.29, 0.717) is 0 Å². The molecule has 0 radical (unpaired) electrons. The molecule has 0 aromatic heterocycles. The van der Waals surface area contributed by atoms with Crippen molar-refractivity contribution in [2.24, 2.45) is 0 Å². The van der Waals surface area contributed by atoms with Gasteiger partial charge in [-0.1, -0.05) is 32.0 Å². The average Bonchev–Trinajstić information content (AvgIpc) is 2.50. The Labute approximate surface area is 136 Å². The fraction of sp³-hybridized carbons (Fsp3) is 0.368. The van der Waals surface area contributed by atoms with Crippen molar-refractivity contribution >= 4 is 0 Å². The zero-order valence-electron chi connectivity index (χ0n) is 13.7. The van der Waals surface area contributed by atoms with Crippen LogP contribution in [0.25, 0.3) is 0 Å². The highest BCUT2D eigenvalue weighted by Gasteiger charge is 2.20. The molecule has 23 heavy (non-hydrogen) atoms. The van der Waals surface area contributed by atoms with Crippen molar-refractivity contribution in [3.63, 3.8) is 0 Å². The molecule has 1 unspecified atom stereocenters. The maximum absolute atomic E-state index is 13.4. The molecule has 0 aliphatic carbocycles. The van der Waals surface area contributed by atoms with Crippen LogP contribution in [0.4, 0.5) is 8.78 Å². The summed E-state index contributed by atoms with van der Waals surface area (Å²) in [5, 5.41) is 12.6. The second-order valence-corrected chi connectivity index (χ2v) is 6.53. The van der Waals surface area contributed by atoms with Crippen LogP contribution < -0.4 is 5.32 Å². The molecule has 2 N–H and O–H groups in total. The van der Waals surface area contributed by atoms with E-state index in [1.54, 1.807) is 6.07 Å². The van der Waals surface area contributed by atoms with Crippen LogP contribution in [0.2, 0.25) is 0 Å². The van der Waals surface area contributed by atoms with Crippen molar-refractivity contribution in [1.29, 1.82) is 0 Å². The molecular weight excluding hydrogens is 296 g/mol. The number of hydrogen-bond acceptors (Lipinski definition) is 2. The molecule has 0 heterocycles. The van der Waals surface area contributed by atoms with Crippen LogP contribution in [-0.2, 0) is 5.41 Å². The van der Waals surface area contributed by atoms with Gasteiger partial charge in [-0.3, -0.25) is 0 Å². The molecule has 2 aromatic carbocycles. The summed E-state index contributed by atoms with van der Waals surface area (Å²) in [6.07, 6.45) is 0.865. The van der Waals surface area contributed by atoms with Crippen LogP contribution in [0.5, 0.6) is 5.75 Å². The van der Waals surface area contributed by atoms with E-state index >= 15 is 0 Å². The number of aromatic hydroxyl groups is 1. The van der Waals surface area contributed by atoms with Gasteiger partial charge < -0.3 is 10.4 Å². The Hall–Kier alpha value is -1.94. The Morgan fingerprint density at radius 1 is 1.09 bits per heavy atom. The third kappa shape index (κ3) is 4.52. The Morgan fingerprint density at radius 3 is 2.35 bits per heavy atom. The molecule has 0 amide bonds. The molecule has 0 spiro atoms. The monoisotopic (exact) mass is 319 g/mol. The highest BCUT2D eigenvalue weighted by Crippen LogP contribution is 2.27. The van der Waals surface area contributed by atoms with E-state index in [2.05, 4.69) is 19.2 Å². The first kappa shape index (κ1) is 17.4. The van der Waals surface area contributed by atoms with Crippen LogP contribution in [0.15, 0.2) is 42.5 Å². The largest absolute Gasteiger partial charge is 0.505 e.